The van der Waals surface area contributed by atoms with Gasteiger partial charge in [0, 0.05) is 32.1 Å². The normalized spacial score (nSPS) is 24.0. The Morgan fingerprint density at radius 2 is 1.70 bits per heavy atom. The Morgan fingerprint density at radius 1 is 1.07 bits per heavy atom. The molecule has 148 valence electrons. The topological polar surface area (TPSA) is 59.1 Å². The van der Waals surface area contributed by atoms with E-state index >= 15 is 0 Å². The summed E-state index contributed by atoms with van der Waals surface area (Å²) < 4.78 is 11.4. The number of morpholine rings is 1. The second-order valence-corrected chi connectivity index (χ2v) is 7.71. The van der Waals surface area contributed by atoms with Crippen molar-refractivity contribution in [2.24, 2.45) is 5.92 Å². The van der Waals surface area contributed by atoms with Crippen LogP contribution < -0.4 is 4.74 Å². The number of para-hydroxylation sites is 1. The zero-order valence-electron chi connectivity index (χ0n) is 16.5. The number of amides is 2. The molecule has 6 nitrogen and oxygen atoms in total. The highest BCUT2D eigenvalue weighted by Gasteiger charge is 2.33. The molecular formula is C21H30N2O4. The lowest BCUT2D eigenvalue weighted by Gasteiger charge is -2.39. The summed E-state index contributed by atoms with van der Waals surface area (Å²) in [6.07, 6.45) is 1.60. The second kappa shape index (κ2) is 8.74. The summed E-state index contributed by atoms with van der Waals surface area (Å²) in [6, 6.07) is 7.68. The first-order chi connectivity index (χ1) is 12.9. The van der Waals surface area contributed by atoms with Crippen molar-refractivity contribution in [2.45, 2.75) is 45.8 Å². The highest BCUT2D eigenvalue weighted by Crippen LogP contribution is 2.23. The fourth-order valence-electron chi connectivity index (χ4n) is 3.94. The molecule has 0 N–H and O–H groups in total. The SMILES string of the molecule is Cc1ccccc1OCC(=O)N1CCC(C(=O)N2C[C@H](C)O[C@@H](C)C2)CC1. The quantitative estimate of drug-likeness (QED) is 0.811. The molecule has 2 saturated heterocycles. The molecule has 1 aromatic rings. The zero-order chi connectivity index (χ0) is 19.4. The van der Waals surface area contributed by atoms with Crippen LogP contribution in [0.15, 0.2) is 24.3 Å². The van der Waals surface area contributed by atoms with Crippen LogP contribution in [0.3, 0.4) is 0 Å². The van der Waals surface area contributed by atoms with Gasteiger partial charge in [-0.15, -0.1) is 0 Å². The molecule has 0 aliphatic carbocycles. The summed E-state index contributed by atoms with van der Waals surface area (Å²) in [5.41, 5.74) is 1.02. The van der Waals surface area contributed by atoms with Gasteiger partial charge in [-0.25, -0.2) is 0 Å². The van der Waals surface area contributed by atoms with E-state index in [1.165, 1.54) is 0 Å². The number of ether oxygens (including phenoxy) is 2. The number of hydrogen-bond acceptors (Lipinski definition) is 4. The first kappa shape index (κ1) is 19.7. The zero-order valence-corrected chi connectivity index (χ0v) is 16.5. The smallest absolute Gasteiger partial charge is 0.260 e. The van der Waals surface area contributed by atoms with Gasteiger partial charge in [-0.3, -0.25) is 9.59 Å². The van der Waals surface area contributed by atoms with Crippen molar-refractivity contribution < 1.29 is 19.1 Å². The number of benzene rings is 1. The van der Waals surface area contributed by atoms with Gasteiger partial charge in [0.15, 0.2) is 6.61 Å². The first-order valence-corrected chi connectivity index (χ1v) is 9.84. The van der Waals surface area contributed by atoms with E-state index < -0.39 is 0 Å². The summed E-state index contributed by atoms with van der Waals surface area (Å²) in [5, 5.41) is 0. The third kappa shape index (κ3) is 5.01. The van der Waals surface area contributed by atoms with E-state index in [0.717, 1.165) is 24.2 Å². The van der Waals surface area contributed by atoms with Gasteiger partial charge in [0.2, 0.25) is 5.91 Å². The summed E-state index contributed by atoms with van der Waals surface area (Å²) in [5.74, 6) is 0.938. The van der Waals surface area contributed by atoms with Gasteiger partial charge in [0.05, 0.1) is 12.2 Å². The molecule has 3 rings (SSSR count). The molecule has 0 radical (unpaired) electrons. The highest BCUT2D eigenvalue weighted by atomic mass is 16.5. The Kier molecular flexibility index (Phi) is 6.37. The van der Waals surface area contributed by atoms with E-state index in [-0.39, 0.29) is 36.5 Å². The van der Waals surface area contributed by atoms with Crippen LogP contribution in [0.5, 0.6) is 5.75 Å². The largest absolute Gasteiger partial charge is 0.484 e. The van der Waals surface area contributed by atoms with Crippen LogP contribution in [-0.2, 0) is 14.3 Å². The Bertz CT molecular complexity index is 660. The Labute approximate surface area is 161 Å². The molecule has 0 unspecified atom stereocenters. The molecule has 2 amide bonds. The fraction of sp³-hybridized carbons (Fsp3) is 0.619. The van der Waals surface area contributed by atoms with Gasteiger partial charge in [-0.2, -0.15) is 0 Å². The minimum Gasteiger partial charge on any atom is -0.484 e. The summed E-state index contributed by atoms with van der Waals surface area (Å²) in [7, 11) is 0. The summed E-state index contributed by atoms with van der Waals surface area (Å²) in [6.45, 7) is 8.56. The number of carbonyl (C=O) groups is 2. The van der Waals surface area contributed by atoms with E-state index in [1.54, 1.807) is 0 Å². The van der Waals surface area contributed by atoms with E-state index in [4.69, 9.17) is 9.47 Å². The van der Waals surface area contributed by atoms with Crippen molar-refractivity contribution in [3.8, 4) is 5.75 Å². The molecule has 0 spiro atoms. The lowest BCUT2D eigenvalue weighted by Crippen LogP contribution is -2.52. The Balaban J connectivity index is 1.46. The third-order valence-corrected chi connectivity index (χ3v) is 5.37. The van der Waals surface area contributed by atoms with Crippen molar-refractivity contribution >= 4 is 11.8 Å². The third-order valence-electron chi connectivity index (χ3n) is 5.37. The van der Waals surface area contributed by atoms with Crippen LogP contribution in [0.1, 0.15) is 32.3 Å². The average Bonchev–Trinajstić information content (AvgIpc) is 2.66. The molecule has 2 atom stereocenters. The predicted octanol–water partition coefficient (Wildman–Crippen LogP) is 2.25. The maximum atomic E-state index is 12.8. The van der Waals surface area contributed by atoms with Crippen LogP contribution in [0, 0.1) is 12.8 Å². The van der Waals surface area contributed by atoms with Crippen LogP contribution in [0.2, 0.25) is 0 Å². The van der Waals surface area contributed by atoms with Crippen LogP contribution >= 0.6 is 0 Å². The fourth-order valence-corrected chi connectivity index (χ4v) is 3.94. The van der Waals surface area contributed by atoms with Crippen molar-refractivity contribution in [3.63, 3.8) is 0 Å². The molecular weight excluding hydrogens is 344 g/mol. The molecule has 0 bridgehead atoms. The maximum absolute atomic E-state index is 12.8. The first-order valence-electron chi connectivity index (χ1n) is 9.84. The number of hydrogen-bond donors (Lipinski definition) is 0. The van der Waals surface area contributed by atoms with Crippen LogP contribution in [0.25, 0.3) is 0 Å². The van der Waals surface area contributed by atoms with Gasteiger partial charge in [0.25, 0.3) is 5.91 Å². The van der Waals surface area contributed by atoms with Crippen molar-refractivity contribution in [1.82, 2.24) is 9.80 Å². The van der Waals surface area contributed by atoms with Crippen molar-refractivity contribution in [2.75, 3.05) is 32.8 Å². The molecule has 2 aliphatic heterocycles. The second-order valence-electron chi connectivity index (χ2n) is 7.71. The molecule has 27 heavy (non-hydrogen) atoms. The Morgan fingerprint density at radius 3 is 2.33 bits per heavy atom. The monoisotopic (exact) mass is 374 g/mol. The number of piperidine rings is 1. The van der Waals surface area contributed by atoms with Crippen molar-refractivity contribution in [1.29, 1.82) is 0 Å². The minimum absolute atomic E-state index is 0.00355. The molecule has 2 heterocycles. The van der Waals surface area contributed by atoms with Gasteiger partial charge in [0.1, 0.15) is 5.75 Å². The highest BCUT2D eigenvalue weighted by molar-refractivity contribution is 5.81. The maximum Gasteiger partial charge on any atom is 0.260 e. The lowest BCUT2D eigenvalue weighted by molar-refractivity contribution is -0.150. The predicted molar refractivity (Wildman–Crippen MR) is 103 cm³/mol. The van der Waals surface area contributed by atoms with E-state index in [1.807, 2.05) is 54.8 Å². The number of likely N-dealkylation sites (tertiary alicyclic amines) is 1. The van der Waals surface area contributed by atoms with E-state index in [0.29, 0.717) is 26.2 Å². The van der Waals surface area contributed by atoms with Crippen LogP contribution in [-0.4, -0.2) is 66.6 Å². The molecule has 2 fully saturated rings. The molecule has 0 saturated carbocycles. The summed E-state index contributed by atoms with van der Waals surface area (Å²) in [4.78, 5) is 29.0. The molecule has 1 aromatic carbocycles. The van der Waals surface area contributed by atoms with E-state index in [2.05, 4.69) is 0 Å². The molecule has 6 heteroatoms. The van der Waals surface area contributed by atoms with Crippen molar-refractivity contribution in [3.05, 3.63) is 29.8 Å². The number of rotatable bonds is 4. The van der Waals surface area contributed by atoms with Gasteiger partial charge >= 0.3 is 0 Å². The molecule has 0 aromatic heterocycles. The number of nitrogens with zero attached hydrogens (tertiary/aromatic N) is 2. The van der Waals surface area contributed by atoms with Gasteiger partial charge in [-0.1, -0.05) is 18.2 Å². The minimum atomic E-state index is -0.0160. The Hall–Kier alpha value is -2.08. The average molecular weight is 374 g/mol. The van der Waals surface area contributed by atoms with E-state index in [9.17, 15) is 9.59 Å². The van der Waals surface area contributed by atoms with Gasteiger partial charge < -0.3 is 19.3 Å². The number of aryl methyl sites for hydroxylation is 1. The number of carbonyl (C=O) groups excluding carboxylic acids is 2. The summed E-state index contributed by atoms with van der Waals surface area (Å²) >= 11 is 0. The van der Waals surface area contributed by atoms with Gasteiger partial charge in [-0.05, 0) is 45.2 Å². The van der Waals surface area contributed by atoms with Crippen LogP contribution in [0.4, 0.5) is 0 Å². The lowest BCUT2D eigenvalue weighted by atomic mass is 9.94. The molecule has 2 aliphatic rings. The standard InChI is InChI=1S/C21H30N2O4/c1-15-6-4-5-7-19(15)26-14-20(24)22-10-8-18(9-11-22)21(25)23-12-16(2)27-17(3)13-23/h4-7,16-18H,8-14H2,1-3H3/t16-,17-/m0/s1.